The molecule has 52 heavy (non-hydrogen) atoms. The van der Waals surface area contributed by atoms with E-state index in [4.69, 9.17) is 19.4 Å². The van der Waals surface area contributed by atoms with E-state index in [9.17, 15) is 0 Å². The van der Waals surface area contributed by atoms with Crippen LogP contribution in [0.15, 0.2) is 174 Å². The standard InChI is InChI=1S/C47H28N4O/c1-2-11-31-26-33(21-20-29(31)10-1)46-48-45(30-22-24-34(25-23-30)51-41-17-6-3-13-35(41)36-14-4-7-18-42(36)51)49-47(50-46)38-16-9-12-32-27-44-40(28-39(32)38)37-15-5-8-19-43(37)52-44/h1-28H. The van der Waals surface area contributed by atoms with Crippen LogP contribution in [0.3, 0.4) is 0 Å². The SMILES string of the molecule is c1ccc2cc(-c3nc(-c4ccc(-n5c6ccccc6c6ccccc65)cc4)nc(-c4cccc5cc6oc7ccccc7c6cc45)n3)ccc2c1. The molecule has 5 heteroatoms. The van der Waals surface area contributed by atoms with E-state index in [0.717, 1.165) is 60.5 Å². The number of hydrogen-bond acceptors (Lipinski definition) is 4. The quantitative estimate of drug-likeness (QED) is 0.188. The predicted molar refractivity (Wildman–Crippen MR) is 213 cm³/mol. The molecule has 0 spiro atoms. The summed E-state index contributed by atoms with van der Waals surface area (Å²) in [6, 6.07) is 59.2. The molecule has 0 N–H and O–H groups in total. The highest BCUT2D eigenvalue weighted by Gasteiger charge is 2.17. The van der Waals surface area contributed by atoms with E-state index >= 15 is 0 Å². The molecule has 0 aliphatic rings. The van der Waals surface area contributed by atoms with Crippen molar-refractivity contribution in [2.24, 2.45) is 0 Å². The average Bonchev–Trinajstić information content (AvgIpc) is 3.74. The molecule has 11 rings (SSSR count). The average molecular weight is 665 g/mol. The number of fused-ring (bicyclic) bond motifs is 8. The zero-order valence-electron chi connectivity index (χ0n) is 27.9. The minimum absolute atomic E-state index is 0.619. The summed E-state index contributed by atoms with van der Waals surface area (Å²) in [5.74, 6) is 1.87. The van der Waals surface area contributed by atoms with Crippen molar-refractivity contribution in [2.75, 3.05) is 0 Å². The summed E-state index contributed by atoms with van der Waals surface area (Å²) in [6.45, 7) is 0. The maximum absolute atomic E-state index is 6.24. The molecule has 0 aliphatic heterocycles. The minimum atomic E-state index is 0.619. The summed E-state index contributed by atoms with van der Waals surface area (Å²) in [7, 11) is 0. The molecule has 11 aromatic rings. The molecule has 242 valence electrons. The number of rotatable bonds is 4. The lowest BCUT2D eigenvalue weighted by molar-refractivity contribution is 0.669. The molecule has 0 amide bonds. The molecule has 0 saturated heterocycles. The van der Waals surface area contributed by atoms with E-state index < -0.39 is 0 Å². The predicted octanol–water partition coefficient (Wildman–Crippen LogP) is 12.2. The van der Waals surface area contributed by atoms with Crippen molar-refractivity contribution in [3.8, 4) is 39.9 Å². The van der Waals surface area contributed by atoms with Crippen LogP contribution in [0.4, 0.5) is 0 Å². The van der Waals surface area contributed by atoms with Gasteiger partial charge in [-0.2, -0.15) is 0 Å². The summed E-state index contributed by atoms with van der Waals surface area (Å²) >= 11 is 0. The van der Waals surface area contributed by atoms with Crippen LogP contribution in [0.5, 0.6) is 0 Å². The Morgan fingerprint density at radius 1 is 0.365 bits per heavy atom. The number of para-hydroxylation sites is 3. The molecule has 0 saturated carbocycles. The van der Waals surface area contributed by atoms with Gasteiger partial charge in [-0.25, -0.2) is 15.0 Å². The van der Waals surface area contributed by atoms with Crippen molar-refractivity contribution in [2.45, 2.75) is 0 Å². The fourth-order valence-electron chi connectivity index (χ4n) is 7.73. The fourth-order valence-corrected chi connectivity index (χ4v) is 7.73. The van der Waals surface area contributed by atoms with Crippen molar-refractivity contribution < 1.29 is 4.42 Å². The van der Waals surface area contributed by atoms with Gasteiger partial charge in [0.15, 0.2) is 17.5 Å². The normalized spacial score (nSPS) is 11.8. The van der Waals surface area contributed by atoms with Gasteiger partial charge in [-0.15, -0.1) is 0 Å². The van der Waals surface area contributed by atoms with Crippen LogP contribution in [0, 0.1) is 0 Å². The van der Waals surface area contributed by atoms with Gasteiger partial charge in [-0.1, -0.05) is 109 Å². The molecule has 0 fully saturated rings. The molecule has 3 aromatic heterocycles. The second kappa shape index (κ2) is 11.2. The van der Waals surface area contributed by atoms with Crippen LogP contribution in [0.25, 0.3) is 105 Å². The topological polar surface area (TPSA) is 56.7 Å². The molecule has 0 aliphatic carbocycles. The molecule has 5 nitrogen and oxygen atoms in total. The van der Waals surface area contributed by atoms with E-state index in [1.54, 1.807) is 0 Å². The Kier molecular flexibility index (Phi) is 6.18. The van der Waals surface area contributed by atoms with Gasteiger partial charge >= 0.3 is 0 Å². The Labute approximate surface area is 298 Å². The monoisotopic (exact) mass is 664 g/mol. The van der Waals surface area contributed by atoms with Gasteiger partial charge in [0.25, 0.3) is 0 Å². The Balaban J connectivity index is 1.11. The summed E-state index contributed by atoms with van der Waals surface area (Å²) in [5.41, 5.74) is 7.96. The van der Waals surface area contributed by atoms with Crippen LogP contribution >= 0.6 is 0 Å². The highest BCUT2D eigenvalue weighted by molar-refractivity contribution is 6.12. The maximum Gasteiger partial charge on any atom is 0.164 e. The van der Waals surface area contributed by atoms with Crippen molar-refractivity contribution in [1.82, 2.24) is 19.5 Å². The molecular formula is C47H28N4O. The van der Waals surface area contributed by atoms with Crippen molar-refractivity contribution >= 4 is 65.3 Å². The number of nitrogens with zero attached hydrogens (tertiary/aromatic N) is 4. The van der Waals surface area contributed by atoms with Gasteiger partial charge in [0.05, 0.1) is 11.0 Å². The lowest BCUT2D eigenvalue weighted by Crippen LogP contribution is -2.01. The van der Waals surface area contributed by atoms with Crippen LogP contribution in [-0.2, 0) is 0 Å². The van der Waals surface area contributed by atoms with E-state index in [-0.39, 0.29) is 0 Å². The molecule has 0 atom stereocenters. The fraction of sp³-hybridized carbons (Fsp3) is 0. The van der Waals surface area contributed by atoms with Gasteiger partial charge in [0, 0.05) is 43.9 Å². The van der Waals surface area contributed by atoms with Gasteiger partial charge < -0.3 is 8.98 Å². The Hall–Kier alpha value is -7.11. The molecule has 0 unspecified atom stereocenters. The lowest BCUT2D eigenvalue weighted by atomic mass is 10.0. The zero-order valence-corrected chi connectivity index (χ0v) is 27.9. The van der Waals surface area contributed by atoms with E-state index in [2.05, 4.69) is 156 Å². The van der Waals surface area contributed by atoms with E-state index in [1.165, 1.54) is 27.2 Å². The number of hydrogen-bond donors (Lipinski definition) is 0. The summed E-state index contributed by atoms with van der Waals surface area (Å²) in [5, 5.41) is 9.06. The third kappa shape index (κ3) is 4.46. The Morgan fingerprint density at radius 2 is 0.981 bits per heavy atom. The van der Waals surface area contributed by atoms with Gasteiger partial charge in [-0.05, 0) is 82.2 Å². The van der Waals surface area contributed by atoms with Crippen molar-refractivity contribution in [3.05, 3.63) is 170 Å². The molecular weight excluding hydrogens is 637 g/mol. The van der Waals surface area contributed by atoms with Crippen LogP contribution < -0.4 is 0 Å². The third-order valence-electron chi connectivity index (χ3n) is 10.2. The van der Waals surface area contributed by atoms with Crippen LogP contribution in [0.2, 0.25) is 0 Å². The minimum Gasteiger partial charge on any atom is -0.456 e. The first kappa shape index (κ1) is 28.7. The largest absolute Gasteiger partial charge is 0.456 e. The molecule has 8 aromatic carbocycles. The number of aromatic nitrogens is 4. The summed E-state index contributed by atoms with van der Waals surface area (Å²) < 4.78 is 8.56. The van der Waals surface area contributed by atoms with E-state index in [1.807, 2.05) is 18.2 Å². The Bertz CT molecular complexity index is 3140. The smallest absolute Gasteiger partial charge is 0.164 e. The molecule has 3 heterocycles. The van der Waals surface area contributed by atoms with Gasteiger partial charge in [-0.3, -0.25) is 0 Å². The van der Waals surface area contributed by atoms with Gasteiger partial charge in [0.2, 0.25) is 0 Å². The summed E-state index contributed by atoms with van der Waals surface area (Å²) in [6.07, 6.45) is 0. The highest BCUT2D eigenvalue weighted by atomic mass is 16.3. The van der Waals surface area contributed by atoms with Crippen molar-refractivity contribution in [3.63, 3.8) is 0 Å². The Morgan fingerprint density at radius 3 is 1.77 bits per heavy atom. The molecule has 0 bridgehead atoms. The maximum atomic E-state index is 6.24. The summed E-state index contributed by atoms with van der Waals surface area (Å²) in [4.78, 5) is 15.5. The number of benzene rings is 8. The van der Waals surface area contributed by atoms with E-state index in [0.29, 0.717) is 17.5 Å². The van der Waals surface area contributed by atoms with Crippen LogP contribution in [-0.4, -0.2) is 19.5 Å². The second-order valence-corrected chi connectivity index (χ2v) is 13.3. The zero-order chi connectivity index (χ0) is 34.2. The lowest BCUT2D eigenvalue weighted by Gasteiger charge is -2.12. The first-order valence-electron chi connectivity index (χ1n) is 17.4. The molecule has 0 radical (unpaired) electrons. The van der Waals surface area contributed by atoms with Crippen molar-refractivity contribution in [1.29, 1.82) is 0 Å². The first-order valence-corrected chi connectivity index (χ1v) is 17.4. The highest BCUT2D eigenvalue weighted by Crippen LogP contribution is 2.37. The number of furan rings is 1. The third-order valence-corrected chi connectivity index (χ3v) is 10.2. The van der Waals surface area contributed by atoms with Gasteiger partial charge in [0.1, 0.15) is 11.2 Å². The van der Waals surface area contributed by atoms with Crippen LogP contribution in [0.1, 0.15) is 0 Å². The second-order valence-electron chi connectivity index (χ2n) is 13.3. The first-order chi connectivity index (χ1) is 25.7.